The zero-order valence-corrected chi connectivity index (χ0v) is 26.8. The maximum Gasteiger partial charge on any atom is 1.00 e. The van der Waals surface area contributed by atoms with E-state index in [0.717, 1.165) is 13.1 Å². The summed E-state index contributed by atoms with van der Waals surface area (Å²) in [5.74, 6) is 0. The molecule has 32 heavy (non-hydrogen) atoms. The van der Waals surface area contributed by atoms with Gasteiger partial charge in [-0.1, -0.05) is 36.4 Å². The Morgan fingerprint density at radius 2 is 1.00 bits per heavy atom. The molecule has 0 saturated heterocycles. The van der Waals surface area contributed by atoms with Crippen molar-refractivity contribution in [2.45, 2.75) is 13.8 Å². The third-order valence-electron chi connectivity index (χ3n) is 2.59. The number of benzene rings is 2. The third-order valence-corrected chi connectivity index (χ3v) is 4.81. The van der Waals surface area contributed by atoms with Gasteiger partial charge >= 0.3 is 114 Å². The molecule has 0 spiro atoms. The topological polar surface area (TPSA) is 174 Å². The van der Waals surface area contributed by atoms with Gasteiger partial charge in [0.1, 0.15) is 0 Å². The fraction of sp³-hybridized carbons (Fsp3) is 0.250. The van der Waals surface area contributed by atoms with Crippen LogP contribution in [0.5, 0.6) is 0 Å². The van der Waals surface area contributed by atoms with Crippen LogP contribution >= 0.6 is 0 Å². The SMILES string of the molecule is CCNc1ccccc1.CCNc1ccccc1.O=S(OS(=O)(=O)[O-])OS(=O)(=O)[O-].[K+].[K+]. The molecule has 0 bridgehead atoms. The van der Waals surface area contributed by atoms with Crippen LogP contribution in [0.25, 0.3) is 0 Å². The Balaban J connectivity index is -0.000000386. The van der Waals surface area contributed by atoms with E-state index in [1.165, 1.54) is 11.4 Å². The monoisotopic (exact) mass is 560 g/mol. The first kappa shape index (κ1) is 37.7. The van der Waals surface area contributed by atoms with E-state index < -0.39 is 32.2 Å². The van der Waals surface area contributed by atoms with Crippen LogP contribution in [0.2, 0.25) is 0 Å². The van der Waals surface area contributed by atoms with E-state index in [4.69, 9.17) is 0 Å². The summed E-state index contributed by atoms with van der Waals surface area (Å²) in [6.07, 6.45) is 0. The van der Waals surface area contributed by atoms with Gasteiger partial charge in [-0.3, -0.25) is 0 Å². The molecule has 11 nitrogen and oxygen atoms in total. The van der Waals surface area contributed by atoms with Crippen molar-refractivity contribution in [3.8, 4) is 0 Å². The summed E-state index contributed by atoms with van der Waals surface area (Å²) in [7, 11) is -10.7. The maximum absolute atomic E-state index is 9.98. The Kier molecular flexibility index (Phi) is 25.3. The minimum atomic E-state index is -5.37. The first-order valence-electron chi connectivity index (χ1n) is 8.28. The van der Waals surface area contributed by atoms with Crippen molar-refractivity contribution in [1.29, 1.82) is 0 Å². The Labute approximate surface area is 277 Å². The zero-order chi connectivity index (χ0) is 23.0. The average Bonchev–Trinajstić information content (AvgIpc) is 2.62. The van der Waals surface area contributed by atoms with E-state index in [0.29, 0.717) is 0 Å². The number of hydrogen-bond donors (Lipinski definition) is 2. The molecular formula is C16H22K2N2O9S3. The predicted molar refractivity (Wildman–Crippen MR) is 111 cm³/mol. The molecule has 0 aliphatic heterocycles. The second-order valence-corrected chi connectivity index (χ2v) is 8.08. The van der Waals surface area contributed by atoms with Crippen LogP contribution in [0.4, 0.5) is 11.4 Å². The number of nitrogens with one attached hydrogen (secondary N) is 2. The van der Waals surface area contributed by atoms with Gasteiger partial charge in [0.25, 0.3) is 0 Å². The molecule has 2 N–H and O–H groups in total. The van der Waals surface area contributed by atoms with Gasteiger partial charge in [0.05, 0.1) is 0 Å². The molecule has 0 saturated carbocycles. The molecular weight excluding hydrogens is 539 g/mol. The maximum atomic E-state index is 9.98. The fourth-order valence-corrected chi connectivity index (χ4v) is 3.05. The normalized spacial score (nSPS) is 10.2. The fourth-order valence-electron chi connectivity index (χ4n) is 1.67. The van der Waals surface area contributed by atoms with Gasteiger partial charge in [-0.15, -0.1) is 0 Å². The Morgan fingerprint density at radius 1 is 0.719 bits per heavy atom. The molecule has 16 heteroatoms. The van der Waals surface area contributed by atoms with Crippen LogP contribution < -0.4 is 113 Å². The zero-order valence-electron chi connectivity index (χ0n) is 18.1. The van der Waals surface area contributed by atoms with E-state index in [1.807, 2.05) is 36.4 Å². The molecule has 2 aromatic rings. The second kappa shape index (κ2) is 21.5. The molecule has 0 atom stereocenters. The molecule has 0 heterocycles. The van der Waals surface area contributed by atoms with Gasteiger partial charge in [0.15, 0.2) is 0 Å². The number of hydrogen-bond acceptors (Lipinski definition) is 11. The summed E-state index contributed by atoms with van der Waals surface area (Å²) in [4.78, 5) is 0. The average molecular weight is 561 g/mol. The minimum absolute atomic E-state index is 0. The van der Waals surface area contributed by atoms with Crippen molar-refractivity contribution in [3.05, 3.63) is 60.7 Å². The van der Waals surface area contributed by atoms with Gasteiger partial charge in [0.2, 0.25) is 20.8 Å². The summed E-state index contributed by atoms with van der Waals surface area (Å²) < 4.78 is 73.3. The van der Waals surface area contributed by atoms with E-state index in [9.17, 15) is 30.1 Å². The van der Waals surface area contributed by atoms with Crippen molar-refractivity contribution in [2.75, 3.05) is 23.7 Å². The van der Waals surface area contributed by atoms with Crippen molar-refractivity contribution < 1.29 is 140 Å². The first-order valence-corrected chi connectivity index (χ1v) is 11.9. The van der Waals surface area contributed by atoms with Gasteiger partial charge in [0, 0.05) is 24.5 Å². The quantitative estimate of drug-likeness (QED) is 0.182. The van der Waals surface area contributed by atoms with Gasteiger partial charge in [-0.25, -0.2) is 16.8 Å². The summed E-state index contributed by atoms with van der Waals surface area (Å²) in [5, 5.41) is 6.42. The van der Waals surface area contributed by atoms with E-state index >= 15 is 0 Å². The third kappa shape index (κ3) is 25.8. The summed E-state index contributed by atoms with van der Waals surface area (Å²) in [5.41, 5.74) is 2.39. The van der Waals surface area contributed by atoms with E-state index in [2.05, 4.69) is 56.0 Å². The van der Waals surface area contributed by atoms with Crippen LogP contribution in [0.3, 0.4) is 0 Å². The minimum Gasteiger partial charge on any atom is -0.725 e. The smallest absolute Gasteiger partial charge is 0.725 e. The standard InChI is InChI=1S/2C8H11N.2K.H2O9S3/c2*1-2-9-8-6-4-3-5-7-8;;;1-10(8-11(2,3)4)9-12(5,6)7/h2*3-7,9H,2H2,1H3;;;(H,2,3,4)(H,5,6,7)/q;;2*+1;/p-2. The molecule has 2 aromatic carbocycles. The van der Waals surface area contributed by atoms with Crippen molar-refractivity contribution >= 4 is 43.5 Å². The number of rotatable bonds is 8. The molecule has 0 aliphatic rings. The molecule has 0 fully saturated rings. The van der Waals surface area contributed by atoms with Crippen LogP contribution in [-0.4, -0.2) is 43.2 Å². The molecule has 0 aliphatic carbocycles. The van der Waals surface area contributed by atoms with E-state index in [-0.39, 0.29) is 103 Å². The van der Waals surface area contributed by atoms with Crippen LogP contribution in [0.1, 0.15) is 13.8 Å². The largest absolute Gasteiger partial charge is 1.00 e. The Hall–Kier alpha value is 1.20. The summed E-state index contributed by atoms with van der Waals surface area (Å²) >= 11 is -3.46. The second-order valence-electron chi connectivity index (χ2n) is 4.95. The van der Waals surface area contributed by atoms with Crippen LogP contribution in [0.15, 0.2) is 60.7 Å². The molecule has 170 valence electrons. The molecule has 0 radical (unpaired) electrons. The van der Waals surface area contributed by atoms with Gasteiger partial charge in [-0.05, 0) is 38.1 Å². The summed E-state index contributed by atoms with van der Waals surface area (Å²) in [6, 6.07) is 20.4. The number of anilines is 2. The molecule has 0 aromatic heterocycles. The van der Waals surface area contributed by atoms with Crippen molar-refractivity contribution in [1.82, 2.24) is 0 Å². The van der Waals surface area contributed by atoms with Crippen molar-refractivity contribution in [2.24, 2.45) is 0 Å². The van der Waals surface area contributed by atoms with Crippen molar-refractivity contribution in [3.63, 3.8) is 0 Å². The van der Waals surface area contributed by atoms with Crippen LogP contribution in [-0.2, 0) is 39.4 Å². The molecule has 0 unspecified atom stereocenters. The Morgan fingerprint density at radius 3 is 1.22 bits per heavy atom. The molecule has 0 amide bonds. The van der Waals surface area contributed by atoms with Gasteiger partial charge < -0.3 is 19.7 Å². The molecule has 2 rings (SSSR count). The first-order chi connectivity index (χ1) is 14.0. The predicted octanol–water partition coefficient (Wildman–Crippen LogP) is -4.24. The van der Waals surface area contributed by atoms with Gasteiger partial charge in [-0.2, -0.15) is 11.5 Å². The van der Waals surface area contributed by atoms with Crippen LogP contribution in [0, 0.1) is 0 Å². The Bertz CT molecular complexity index is 872. The van der Waals surface area contributed by atoms with E-state index in [1.54, 1.807) is 0 Å². The number of para-hydroxylation sites is 2. The summed E-state index contributed by atoms with van der Waals surface area (Å²) in [6.45, 7) is 6.16.